The zero-order valence-corrected chi connectivity index (χ0v) is 16.9. The second kappa shape index (κ2) is 6.86. The Morgan fingerprint density at radius 2 is 1.63 bits per heavy atom. The normalized spacial score (nSPS) is 16.3. The van der Waals surface area contributed by atoms with Crippen molar-refractivity contribution in [2.75, 3.05) is 0 Å². The van der Waals surface area contributed by atoms with Gasteiger partial charge in [-0.15, -0.1) is 0 Å². The first-order valence-corrected chi connectivity index (χ1v) is 9.97. The number of allylic oxidation sites excluding steroid dienone is 2. The van der Waals surface area contributed by atoms with E-state index in [4.69, 9.17) is 11.6 Å². The lowest BCUT2D eigenvalue weighted by atomic mass is 9.86. The van der Waals surface area contributed by atoms with E-state index >= 15 is 8.63 Å². The SMILES string of the molecule is Cc1ccc(C2=C3C=CC(Cl)=[N+]3[B-](F)(F)n3c(C#Cc4ccccc4)ccc32)cc1. The second-order valence-corrected chi connectivity index (χ2v) is 7.72. The fourth-order valence-electron chi connectivity index (χ4n) is 3.95. The number of hydrogen-bond donors (Lipinski definition) is 0. The Labute approximate surface area is 178 Å². The molecular weight excluding hydrogens is 401 g/mol. The summed E-state index contributed by atoms with van der Waals surface area (Å²) in [7, 11) is 0. The highest BCUT2D eigenvalue weighted by Gasteiger charge is 2.54. The molecule has 0 amide bonds. The average Bonchev–Trinajstić information content (AvgIpc) is 3.34. The van der Waals surface area contributed by atoms with Gasteiger partial charge in [-0.1, -0.05) is 53.9 Å². The summed E-state index contributed by atoms with van der Waals surface area (Å²) >= 11 is 6.21. The van der Waals surface area contributed by atoms with Crippen LogP contribution in [0.4, 0.5) is 8.63 Å². The number of aromatic nitrogens is 1. The van der Waals surface area contributed by atoms with Crippen LogP contribution < -0.4 is 0 Å². The molecule has 2 aliphatic heterocycles. The molecule has 2 aliphatic rings. The molecule has 6 heteroatoms. The minimum Gasteiger partial charge on any atom is -0.389 e. The Hall–Kier alpha value is -3.36. The van der Waals surface area contributed by atoms with Crippen LogP contribution in [0.5, 0.6) is 0 Å². The molecule has 0 bridgehead atoms. The summed E-state index contributed by atoms with van der Waals surface area (Å²) in [5.74, 6) is 5.91. The number of halogens is 3. The van der Waals surface area contributed by atoms with Gasteiger partial charge in [-0.25, -0.2) is 0 Å². The Morgan fingerprint density at radius 1 is 0.900 bits per heavy atom. The molecule has 0 atom stereocenters. The second-order valence-electron chi connectivity index (χ2n) is 7.33. The van der Waals surface area contributed by atoms with Gasteiger partial charge in [-0.3, -0.25) is 0 Å². The smallest absolute Gasteiger partial charge is 0.389 e. The number of aryl methyl sites for hydroxylation is 1. The van der Waals surface area contributed by atoms with Crippen molar-refractivity contribution in [2.24, 2.45) is 0 Å². The third-order valence-corrected chi connectivity index (χ3v) is 5.68. The van der Waals surface area contributed by atoms with Crippen molar-refractivity contribution in [2.45, 2.75) is 6.92 Å². The lowest BCUT2D eigenvalue weighted by Gasteiger charge is -2.32. The molecule has 3 aromatic rings. The predicted octanol–water partition coefficient (Wildman–Crippen LogP) is 5.41. The zero-order valence-electron chi connectivity index (χ0n) is 16.1. The van der Waals surface area contributed by atoms with E-state index in [1.807, 2.05) is 61.5 Å². The van der Waals surface area contributed by atoms with E-state index in [-0.39, 0.29) is 10.9 Å². The molecule has 30 heavy (non-hydrogen) atoms. The van der Waals surface area contributed by atoms with Crippen molar-refractivity contribution in [1.82, 2.24) is 4.48 Å². The summed E-state index contributed by atoms with van der Waals surface area (Å²) in [5.41, 5.74) is 4.52. The topological polar surface area (TPSA) is 7.94 Å². The van der Waals surface area contributed by atoms with Crippen LogP contribution in [0, 0.1) is 18.8 Å². The van der Waals surface area contributed by atoms with Crippen molar-refractivity contribution in [1.29, 1.82) is 0 Å². The van der Waals surface area contributed by atoms with E-state index < -0.39 is 6.97 Å². The molecule has 0 aliphatic carbocycles. The Balaban J connectivity index is 1.75. The Kier molecular flexibility index (Phi) is 4.27. The summed E-state index contributed by atoms with van der Waals surface area (Å²) in [5, 5.41) is 0.000861. The van der Waals surface area contributed by atoms with E-state index in [1.165, 1.54) is 6.08 Å². The van der Waals surface area contributed by atoms with Gasteiger partial charge in [0.2, 0.25) is 5.17 Å². The highest BCUT2D eigenvalue weighted by atomic mass is 35.5. The third kappa shape index (κ3) is 2.84. The number of rotatable bonds is 1. The van der Waals surface area contributed by atoms with Gasteiger partial charge in [0.15, 0.2) is 5.70 Å². The predicted molar refractivity (Wildman–Crippen MR) is 118 cm³/mol. The van der Waals surface area contributed by atoms with Crippen LogP contribution in [0.3, 0.4) is 0 Å². The molecule has 5 rings (SSSR count). The monoisotopic (exact) mass is 416 g/mol. The maximum absolute atomic E-state index is 15.7. The van der Waals surface area contributed by atoms with Crippen LogP contribution >= 0.6 is 11.6 Å². The number of benzene rings is 2. The molecule has 2 aromatic carbocycles. The zero-order chi connectivity index (χ0) is 20.9. The first-order chi connectivity index (χ1) is 14.5. The molecule has 0 saturated carbocycles. The van der Waals surface area contributed by atoms with Crippen LogP contribution in [0.2, 0.25) is 0 Å². The average molecular weight is 417 g/mol. The third-order valence-electron chi connectivity index (χ3n) is 5.37. The largest absolute Gasteiger partial charge is 0.739 e. The van der Waals surface area contributed by atoms with Crippen molar-refractivity contribution < 1.29 is 13.1 Å². The van der Waals surface area contributed by atoms with Gasteiger partial charge in [-0.2, -0.15) is 0 Å². The summed E-state index contributed by atoms with van der Waals surface area (Å²) in [4.78, 5) is 0. The van der Waals surface area contributed by atoms with Gasteiger partial charge in [0, 0.05) is 23.4 Å². The maximum Gasteiger partial charge on any atom is 0.739 e. The molecule has 0 spiro atoms. The summed E-state index contributed by atoms with van der Waals surface area (Å²) in [6.07, 6.45) is 3.17. The first kappa shape index (κ1) is 18.7. The van der Waals surface area contributed by atoms with E-state index in [0.717, 1.165) is 25.7 Å². The minimum absolute atomic E-state index is 0.000861. The lowest BCUT2D eigenvalue weighted by molar-refractivity contribution is -0.358. The van der Waals surface area contributed by atoms with Crippen LogP contribution in [0.1, 0.15) is 28.1 Å². The molecular formula is C24H16BClF2N2. The molecule has 0 radical (unpaired) electrons. The molecule has 0 unspecified atom stereocenters. The van der Waals surface area contributed by atoms with Crippen molar-refractivity contribution in [3.8, 4) is 11.8 Å². The number of nitrogens with zero attached hydrogens (tertiary/aromatic N) is 2. The van der Waals surface area contributed by atoms with Gasteiger partial charge >= 0.3 is 6.97 Å². The van der Waals surface area contributed by atoms with Crippen molar-refractivity contribution >= 4 is 29.3 Å². The highest BCUT2D eigenvalue weighted by Crippen LogP contribution is 2.40. The van der Waals surface area contributed by atoms with Gasteiger partial charge in [0.05, 0.1) is 11.3 Å². The first-order valence-electron chi connectivity index (χ1n) is 9.59. The Bertz CT molecular complexity index is 1320. The molecule has 0 N–H and O–H groups in total. The van der Waals surface area contributed by atoms with E-state index in [1.54, 1.807) is 18.2 Å². The minimum atomic E-state index is -4.18. The lowest BCUT2D eigenvalue weighted by Crippen LogP contribution is -2.51. The van der Waals surface area contributed by atoms with Gasteiger partial charge in [0.25, 0.3) is 0 Å². The van der Waals surface area contributed by atoms with Crippen molar-refractivity contribution in [3.63, 3.8) is 0 Å². The standard InChI is InChI=1S/C24H16BClF2N2/c1-17-7-10-19(11-8-17)24-21-14-13-20(12-9-18-5-3-2-4-6-18)29(21)25(27,28)30-22(24)15-16-23(30)26/h2-8,10-11,13-16H,1H3. The van der Waals surface area contributed by atoms with Crippen LogP contribution in [0.15, 0.2) is 84.6 Å². The van der Waals surface area contributed by atoms with Crippen LogP contribution in [-0.2, 0) is 0 Å². The van der Waals surface area contributed by atoms with Crippen molar-refractivity contribution in [3.05, 3.63) is 113 Å². The van der Waals surface area contributed by atoms with Gasteiger partial charge < -0.3 is 17.6 Å². The van der Waals surface area contributed by atoms with E-state index in [2.05, 4.69) is 11.8 Å². The fourth-order valence-corrected chi connectivity index (χ4v) is 4.22. The molecule has 2 nitrogen and oxygen atoms in total. The van der Waals surface area contributed by atoms with E-state index in [0.29, 0.717) is 17.0 Å². The van der Waals surface area contributed by atoms with Gasteiger partial charge in [0.1, 0.15) is 0 Å². The number of hydrogen-bond acceptors (Lipinski definition) is 0. The summed E-state index contributed by atoms with van der Waals surface area (Å²) < 4.78 is 33.3. The van der Waals surface area contributed by atoms with Crippen LogP contribution in [-0.4, -0.2) is 21.1 Å². The fraction of sp³-hybridized carbons (Fsp3) is 0.0417. The quantitative estimate of drug-likeness (QED) is 0.370. The summed E-state index contributed by atoms with van der Waals surface area (Å²) in [6.45, 7) is -2.19. The Morgan fingerprint density at radius 3 is 2.37 bits per heavy atom. The molecule has 1 aromatic heterocycles. The van der Waals surface area contributed by atoms with Crippen LogP contribution in [0.25, 0.3) is 5.57 Å². The van der Waals surface area contributed by atoms with Gasteiger partial charge in [-0.05, 0) is 54.3 Å². The molecule has 0 saturated heterocycles. The maximum atomic E-state index is 15.7. The summed E-state index contributed by atoms with van der Waals surface area (Å²) in [6, 6.07) is 20.5. The highest BCUT2D eigenvalue weighted by molar-refractivity contribution is 6.70. The molecule has 3 heterocycles. The molecule has 146 valence electrons. The van der Waals surface area contributed by atoms with E-state index in [9.17, 15) is 0 Å². The molecule has 0 fully saturated rings. The number of fused-ring (bicyclic) bond motifs is 2.